The second-order valence-electron chi connectivity index (χ2n) is 5.47. The van der Waals surface area contributed by atoms with Crippen molar-refractivity contribution in [2.45, 2.75) is 38.6 Å². The zero-order valence-corrected chi connectivity index (χ0v) is 11.5. The standard InChI is InChI=1S/C13H21N3OS/c17-9-11-1-2-13-14-12(15-16(13)8-11)7-10-3-5-18-6-4-10/h10-11,17H,1-9H2. The molecule has 0 aromatic carbocycles. The minimum Gasteiger partial charge on any atom is -0.396 e. The minimum atomic E-state index is 0.272. The number of aromatic nitrogens is 3. The molecule has 0 radical (unpaired) electrons. The Kier molecular flexibility index (Phi) is 3.89. The Bertz CT molecular complexity index is 401. The van der Waals surface area contributed by atoms with E-state index in [0.29, 0.717) is 5.92 Å². The van der Waals surface area contributed by atoms with E-state index >= 15 is 0 Å². The Morgan fingerprint density at radius 3 is 2.83 bits per heavy atom. The largest absolute Gasteiger partial charge is 0.396 e. The average molecular weight is 267 g/mol. The van der Waals surface area contributed by atoms with E-state index in [2.05, 4.69) is 21.8 Å². The summed E-state index contributed by atoms with van der Waals surface area (Å²) in [4.78, 5) is 4.68. The molecule has 0 bridgehead atoms. The van der Waals surface area contributed by atoms with Gasteiger partial charge in [0, 0.05) is 31.9 Å². The number of fused-ring (bicyclic) bond motifs is 1. The maximum absolute atomic E-state index is 9.22. The van der Waals surface area contributed by atoms with Gasteiger partial charge in [0.1, 0.15) is 5.82 Å². The highest BCUT2D eigenvalue weighted by Crippen LogP contribution is 2.26. The molecule has 3 rings (SSSR count). The van der Waals surface area contributed by atoms with Crippen LogP contribution in [0.5, 0.6) is 0 Å². The SMILES string of the molecule is OCC1CCc2nc(CC3CCSCC3)nn2C1. The van der Waals surface area contributed by atoms with Crippen LogP contribution in [0.4, 0.5) is 0 Å². The summed E-state index contributed by atoms with van der Waals surface area (Å²) in [6, 6.07) is 0. The molecule has 3 heterocycles. The van der Waals surface area contributed by atoms with Crippen LogP contribution in [0.1, 0.15) is 30.9 Å². The van der Waals surface area contributed by atoms with Crippen LogP contribution < -0.4 is 0 Å². The van der Waals surface area contributed by atoms with Gasteiger partial charge in [-0.1, -0.05) is 0 Å². The van der Waals surface area contributed by atoms with E-state index in [9.17, 15) is 5.11 Å². The summed E-state index contributed by atoms with van der Waals surface area (Å²) in [6.07, 6.45) is 5.69. The Balaban J connectivity index is 1.65. The van der Waals surface area contributed by atoms with Crippen molar-refractivity contribution in [2.24, 2.45) is 11.8 Å². The first-order chi connectivity index (χ1) is 8.85. The lowest BCUT2D eigenvalue weighted by molar-refractivity contribution is 0.185. The molecule has 1 fully saturated rings. The Hall–Kier alpha value is -0.550. The molecule has 0 amide bonds. The van der Waals surface area contributed by atoms with Crippen LogP contribution in [-0.2, 0) is 19.4 Å². The maximum atomic E-state index is 9.22. The highest BCUT2D eigenvalue weighted by atomic mass is 32.2. The Labute approximate surface area is 112 Å². The van der Waals surface area contributed by atoms with Crippen molar-refractivity contribution in [2.75, 3.05) is 18.1 Å². The number of nitrogens with zero attached hydrogens (tertiary/aromatic N) is 3. The Morgan fingerprint density at radius 1 is 1.22 bits per heavy atom. The summed E-state index contributed by atoms with van der Waals surface area (Å²) in [6.45, 7) is 1.12. The first-order valence-corrected chi connectivity index (χ1v) is 8.12. The third-order valence-corrected chi connectivity index (χ3v) is 5.12. The van der Waals surface area contributed by atoms with Crippen LogP contribution in [0, 0.1) is 11.8 Å². The van der Waals surface area contributed by atoms with Gasteiger partial charge in [-0.25, -0.2) is 9.67 Å². The van der Waals surface area contributed by atoms with Crippen LogP contribution in [0.25, 0.3) is 0 Å². The van der Waals surface area contributed by atoms with Crippen LogP contribution in [0.3, 0.4) is 0 Å². The fraction of sp³-hybridized carbons (Fsp3) is 0.846. The van der Waals surface area contributed by atoms with Crippen LogP contribution in [0.2, 0.25) is 0 Å². The summed E-state index contributed by atoms with van der Waals surface area (Å²) < 4.78 is 2.03. The zero-order chi connectivity index (χ0) is 12.4. The van der Waals surface area contributed by atoms with Crippen LogP contribution in [0.15, 0.2) is 0 Å². The van der Waals surface area contributed by atoms with E-state index in [1.165, 1.54) is 24.3 Å². The van der Waals surface area contributed by atoms with Gasteiger partial charge in [-0.2, -0.15) is 16.9 Å². The molecule has 0 saturated carbocycles. The smallest absolute Gasteiger partial charge is 0.151 e. The van der Waals surface area contributed by atoms with E-state index in [0.717, 1.165) is 43.4 Å². The minimum absolute atomic E-state index is 0.272. The quantitative estimate of drug-likeness (QED) is 0.902. The fourth-order valence-corrected chi connectivity index (χ4v) is 4.07. The molecule has 5 heteroatoms. The van der Waals surface area contributed by atoms with Gasteiger partial charge in [-0.3, -0.25) is 0 Å². The second-order valence-corrected chi connectivity index (χ2v) is 6.70. The van der Waals surface area contributed by atoms with Gasteiger partial charge in [0.15, 0.2) is 5.82 Å². The maximum Gasteiger partial charge on any atom is 0.151 e. The lowest BCUT2D eigenvalue weighted by atomic mass is 9.99. The number of aliphatic hydroxyl groups is 1. The first-order valence-electron chi connectivity index (χ1n) is 6.96. The van der Waals surface area contributed by atoms with Crippen molar-refractivity contribution in [1.29, 1.82) is 0 Å². The number of thioether (sulfide) groups is 1. The molecule has 1 N–H and O–H groups in total. The molecule has 18 heavy (non-hydrogen) atoms. The van der Waals surface area contributed by atoms with E-state index < -0.39 is 0 Å². The van der Waals surface area contributed by atoms with Crippen molar-refractivity contribution in [1.82, 2.24) is 14.8 Å². The second kappa shape index (κ2) is 5.61. The molecular weight excluding hydrogens is 246 g/mol. The van der Waals surface area contributed by atoms with Gasteiger partial charge in [0.05, 0.1) is 0 Å². The van der Waals surface area contributed by atoms with Crippen molar-refractivity contribution < 1.29 is 5.11 Å². The molecule has 1 atom stereocenters. The first kappa shape index (κ1) is 12.5. The highest BCUT2D eigenvalue weighted by Gasteiger charge is 2.22. The van der Waals surface area contributed by atoms with Crippen molar-refractivity contribution in [3.8, 4) is 0 Å². The van der Waals surface area contributed by atoms with Crippen molar-refractivity contribution >= 4 is 11.8 Å². The van der Waals surface area contributed by atoms with Crippen LogP contribution in [-0.4, -0.2) is 38.0 Å². The molecule has 100 valence electrons. The van der Waals surface area contributed by atoms with Gasteiger partial charge < -0.3 is 5.11 Å². The summed E-state index contributed by atoms with van der Waals surface area (Å²) in [5, 5.41) is 13.9. The summed E-state index contributed by atoms with van der Waals surface area (Å²) >= 11 is 2.07. The molecule has 4 nitrogen and oxygen atoms in total. The molecular formula is C13H21N3OS. The third-order valence-electron chi connectivity index (χ3n) is 4.07. The van der Waals surface area contributed by atoms with E-state index in [1.54, 1.807) is 0 Å². The zero-order valence-electron chi connectivity index (χ0n) is 10.7. The van der Waals surface area contributed by atoms with Gasteiger partial charge >= 0.3 is 0 Å². The summed E-state index contributed by atoms with van der Waals surface area (Å²) in [5.41, 5.74) is 0. The number of aryl methyl sites for hydroxylation is 1. The van der Waals surface area contributed by atoms with Gasteiger partial charge in [-0.05, 0) is 36.7 Å². The predicted molar refractivity (Wildman–Crippen MR) is 72.7 cm³/mol. The number of rotatable bonds is 3. The topological polar surface area (TPSA) is 50.9 Å². The van der Waals surface area contributed by atoms with Gasteiger partial charge in [0.25, 0.3) is 0 Å². The predicted octanol–water partition coefficient (Wildman–Crippen LogP) is 1.52. The lowest BCUT2D eigenvalue weighted by Gasteiger charge is -2.20. The number of aliphatic hydroxyl groups excluding tert-OH is 1. The van der Waals surface area contributed by atoms with E-state index in [4.69, 9.17) is 0 Å². The Morgan fingerprint density at radius 2 is 2.06 bits per heavy atom. The van der Waals surface area contributed by atoms with Gasteiger partial charge in [-0.15, -0.1) is 0 Å². The molecule has 2 aliphatic rings. The molecule has 1 aromatic heterocycles. The molecule has 2 aliphatic heterocycles. The van der Waals surface area contributed by atoms with E-state index in [-0.39, 0.29) is 6.61 Å². The monoisotopic (exact) mass is 267 g/mol. The molecule has 1 unspecified atom stereocenters. The normalized spacial score (nSPS) is 25.1. The summed E-state index contributed by atoms with van der Waals surface area (Å²) in [5.74, 6) is 5.90. The van der Waals surface area contributed by atoms with Crippen molar-refractivity contribution in [3.05, 3.63) is 11.6 Å². The molecule has 0 spiro atoms. The van der Waals surface area contributed by atoms with E-state index in [1.807, 2.05) is 4.68 Å². The molecule has 1 saturated heterocycles. The average Bonchev–Trinajstić information content (AvgIpc) is 2.80. The number of hydrogen-bond donors (Lipinski definition) is 1. The third kappa shape index (κ3) is 2.72. The molecule has 1 aromatic rings. The lowest BCUT2D eigenvalue weighted by Crippen LogP contribution is -2.23. The van der Waals surface area contributed by atoms with Crippen molar-refractivity contribution in [3.63, 3.8) is 0 Å². The number of hydrogen-bond acceptors (Lipinski definition) is 4. The molecule has 0 aliphatic carbocycles. The fourth-order valence-electron chi connectivity index (χ4n) is 2.87. The highest BCUT2D eigenvalue weighted by molar-refractivity contribution is 7.99. The van der Waals surface area contributed by atoms with Crippen LogP contribution >= 0.6 is 11.8 Å². The summed E-state index contributed by atoms with van der Waals surface area (Å²) in [7, 11) is 0. The van der Waals surface area contributed by atoms with Gasteiger partial charge in [0.2, 0.25) is 0 Å².